The van der Waals surface area contributed by atoms with E-state index < -0.39 is 6.10 Å². The van der Waals surface area contributed by atoms with Gasteiger partial charge in [-0.15, -0.1) is 6.58 Å². The van der Waals surface area contributed by atoms with Crippen LogP contribution in [0.1, 0.15) is 77.0 Å². The number of allylic oxidation sites excluding steroid dienone is 1. The van der Waals surface area contributed by atoms with Crippen molar-refractivity contribution in [3.05, 3.63) is 12.7 Å². The van der Waals surface area contributed by atoms with Crippen molar-refractivity contribution in [1.29, 1.82) is 0 Å². The summed E-state index contributed by atoms with van der Waals surface area (Å²) in [6, 6.07) is 0. The van der Waals surface area contributed by atoms with Gasteiger partial charge in [-0.25, -0.2) is 0 Å². The molecule has 0 aliphatic carbocycles. The van der Waals surface area contributed by atoms with E-state index in [1.807, 2.05) is 6.08 Å². The molecular weight excluding hydrogens is 252 g/mol. The Morgan fingerprint density at radius 2 is 1.45 bits per heavy atom. The first-order valence-corrected chi connectivity index (χ1v) is 8.12. The van der Waals surface area contributed by atoms with E-state index in [0.29, 0.717) is 6.42 Å². The Morgan fingerprint density at radius 3 is 1.95 bits per heavy atom. The van der Waals surface area contributed by atoms with E-state index in [4.69, 9.17) is 10.2 Å². The molecule has 0 aromatic heterocycles. The molecule has 0 amide bonds. The highest BCUT2D eigenvalue weighted by Crippen LogP contribution is 2.12. The van der Waals surface area contributed by atoms with Crippen molar-refractivity contribution >= 4 is 5.78 Å². The minimum atomic E-state index is -0.872. The van der Waals surface area contributed by atoms with Crippen molar-refractivity contribution in [2.24, 2.45) is 0 Å². The number of Topliss-reactive ketones (excluding diaryl/α,β-unsaturated/α-hetero) is 1. The maximum absolute atomic E-state index is 11.4. The Labute approximate surface area is 124 Å². The van der Waals surface area contributed by atoms with Crippen molar-refractivity contribution in [2.75, 3.05) is 6.61 Å². The molecule has 1 atom stereocenters. The van der Waals surface area contributed by atoms with Gasteiger partial charge < -0.3 is 10.2 Å². The summed E-state index contributed by atoms with van der Waals surface area (Å²) in [4.78, 5) is 11.4. The van der Waals surface area contributed by atoms with Crippen molar-refractivity contribution in [3.8, 4) is 0 Å². The van der Waals surface area contributed by atoms with Crippen LogP contribution in [-0.4, -0.2) is 28.7 Å². The molecule has 0 radical (unpaired) electrons. The molecule has 0 aliphatic rings. The third-order valence-corrected chi connectivity index (χ3v) is 3.54. The third-order valence-electron chi connectivity index (χ3n) is 3.54. The second-order valence-electron chi connectivity index (χ2n) is 5.59. The zero-order valence-corrected chi connectivity index (χ0v) is 12.9. The van der Waals surface area contributed by atoms with Crippen LogP contribution in [-0.2, 0) is 4.79 Å². The van der Waals surface area contributed by atoms with Gasteiger partial charge in [0, 0.05) is 12.8 Å². The summed E-state index contributed by atoms with van der Waals surface area (Å²) in [6.45, 7) is 3.40. The van der Waals surface area contributed by atoms with E-state index in [2.05, 4.69) is 6.58 Å². The van der Waals surface area contributed by atoms with Crippen molar-refractivity contribution < 1.29 is 15.0 Å². The summed E-state index contributed by atoms with van der Waals surface area (Å²) in [5.41, 5.74) is 0. The lowest BCUT2D eigenvalue weighted by molar-refractivity contribution is -0.121. The van der Waals surface area contributed by atoms with E-state index in [1.54, 1.807) is 0 Å². The van der Waals surface area contributed by atoms with Gasteiger partial charge in [0.2, 0.25) is 0 Å². The molecule has 0 fully saturated rings. The maximum atomic E-state index is 11.4. The average Bonchev–Trinajstić information content (AvgIpc) is 2.44. The number of carbonyl (C=O) groups excluding carboxylic acids is 1. The summed E-state index contributed by atoms with van der Waals surface area (Å²) >= 11 is 0. The first kappa shape index (κ1) is 19.3. The number of hydrogen-bond acceptors (Lipinski definition) is 3. The predicted molar refractivity (Wildman–Crippen MR) is 83.7 cm³/mol. The molecule has 3 nitrogen and oxygen atoms in total. The van der Waals surface area contributed by atoms with Gasteiger partial charge in [0.15, 0.2) is 0 Å². The lowest BCUT2D eigenvalue weighted by Gasteiger charge is -2.05. The van der Waals surface area contributed by atoms with E-state index >= 15 is 0 Å². The number of unbranched alkanes of at least 4 members (excludes halogenated alkanes) is 9. The van der Waals surface area contributed by atoms with Crippen LogP contribution >= 0.6 is 0 Å². The molecule has 0 spiro atoms. The third kappa shape index (κ3) is 13.8. The Morgan fingerprint density at radius 1 is 0.950 bits per heavy atom. The quantitative estimate of drug-likeness (QED) is 0.355. The van der Waals surface area contributed by atoms with Gasteiger partial charge in [-0.3, -0.25) is 4.79 Å². The Bertz CT molecular complexity index is 238. The Balaban J connectivity index is 3.16. The second kappa shape index (κ2) is 14.7. The summed E-state index contributed by atoms with van der Waals surface area (Å²) < 4.78 is 0. The summed E-state index contributed by atoms with van der Waals surface area (Å²) in [6.07, 6.45) is 13.9. The number of carbonyl (C=O) groups is 1. The second-order valence-corrected chi connectivity index (χ2v) is 5.59. The molecule has 0 aliphatic heterocycles. The SMILES string of the molecule is C=CCCCCCCCCCCCC(=O)CC(O)CO. The number of rotatable bonds is 15. The Kier molecular flexibility index (Phi) is 14.2. The molecule has 1 unspecified atom stereocenters. The molecule has 20 heavy (non-hydrogen) atoms. The van der Waals surface area contributed by atoms with Crippen LogP contribution in [0, 0.1) is 0 Å². The molecule has 0 heterocycles. The monoisotopic (exact) mass is 284 g/mol. The molecule has 0 aromatic carbocycles. The molecule has 0 saturated heterocycles. The van der Waals surface area contributed by atoms with Gasteiger partial charge >= 0.3 is 0 Å². The molecular formula is C17H32O3. The number of aliphatic hydroxyl groups excluding tert-OH is 2. The van der Waals surface area contributed by atoms with Crippen molar-refractivity contribution in [2.45, 2.75) is 83.2 Å². The zero-order chi connectivity index (χ0) is 15.1. The van der Waals surface area contributed by atoms with Crippen LogP contribution in [0.25, 0.3) is 0 Å². The maximum Gasteiger partial charge on any atom is 0.135 e. The molecule has 3 heteroatoms. The lowest BCUT2D eigenvalue weighted by Crippen LogP contribution is -2.17. The van der Waals surface area contributed by atoms with E-state index in [9.17, 15) is 4.79 Å². The topological polar surface area (TPSA) is 57.5 Å². The largest absolute Gasteiger partial charge is 0.394 e. The summed E-state index contributed by atoms with van der Waals surface area (Å²) in [7, 11) is 0. The van der Waals surface area contributed by atoms with E-state index in [1.165, 1.54) is 44.9 Å². The molecule has 0 saturated carbocycles. The van der Waals surface area contributed by atoms with Crippen LogP contribution in [0.4, 0.5) is 0 Å². The molecule has 2 N–H and O–H groups in total. The predicted octanol–water partition coefficient (Wildman–Crippen LogP) is 3.78. The van der Waals surface area contributed by atoms with Gasteiger partial charge in [-0.1, -0.05) is 51.0 Å². The fraction of sp³-hybridized carbons (Fsp3) is 0.824. The van der Waals surface area contributed by atoms with Gasteiger partial charge in [0.05, 0.1) is 12.7 Å². The van der Waals surface area contributed by atoms with Gasteiger partial charge in [0.25, 0.3) is 0 Å². The minimum Gasteiger partial charge on any atom is -0.394 e. The highest BCUT2D eigenvalue weighted by Gasteiger charge is 2.08. The average molecular weight is 284 g/mol. The van der Waals surface area contributed by atoms with E-state index in [0.717, 1.165) is 19.3 Å². The van der Waals surface area contributed by atoms with Crippen LogP contribution in [0.3, 0.4) is 0 Å². The summed E-state index contributed by atoms with van der Waals surface area (Å²) in [5, 5.41) is 17.8. The van der Waals surface area contributed by atoms with Crippen LogP contribution < -0.4 is 0 Å². The Hall–Kier alpha value is -0.670. The molecule has 0 rings (SSSR count). The highest BCUT2D eigenvalue weighted by molar-refractivity contribution is 5.78. The molecule has 0 bridgehead atoms. The van der Waals surface area contributed by atoms with Gasteiger partial charge in [-0.05, 0) is 19.3 Å². The van der Waals surface area contributed by atoms with E-state index in [-0.39, 0.29) is 18.8 Å². The van der Waals surface area contributed by atoms with Crippen molar-refractivity contribution in [1.82, 2.24) is 0 Å². The van der Waals surface area contributed by atoms with Crippen LogP contribution in [0.15, 0.2) is 12.7 Å². The normalized spacial score (nSPS) is 12.3. The lowest BCUT2D eigenvalue weighted by atomic mass is 10.0. The zero-order valence-electron chi connectivity index (χ0n) is 12.9. The first-order valence-electron chi connectivity index (χ1n) is 8.12. The minimum absolute atomic E-state index is 0.0637. The van der Waals surface area contributed by atoms with Crippen LogP contribution in [0.5, 0.6) is 0 Å². The molecule has 118 valence electrons. The number of aliphatic hydroxyl groups is 2. The van der Waals surface area contributed by atoms with Crippen LogP contribution in [0.2, 0.25) is 0 Å². The van der Waals surface area contributed by atoms with Crippen molar-refractivity contribution in [3.63, 3.8) is 0 Å². The first-order chi connectivity index (χ1) is 9.70. The smallest absolute Gasteiger partial charge is 0.135 e. The highest BCUT2D eigenvalue weighted by atomic mass is 16.3. The number of hydrogen-bond donors (Lipinski definition) is 2. The fourth-order valence-corrected chi connectivity index (χ4v) is 2.28. The fourth-order valence-electron chi connectivity index (χ4n) is 2.28. The van der Waals surface area contributed by atoms with Gasteiger partial charge in [0.1, 0.15) is 5.78 Å². The van der Waals surface area contributed by atoms with Gasteiger partial charge in [-0.2, -0.15) is 0 Å². The molecule has 0 aromatic rings. The summed E-state index contributed by atoms with van der Waals surface area (Å²) in [5.74, 6) is 0.0637. The number of ketones is 1. The standard InChI is InChI=1S/C17H32O3/c1-2-3-4-5-6-7-8-9-10-11-12-13-16(19)14-17(20)15-18/h2,17-18,20H,1,3-15H2.